The van der Waals surface area contributed by atoms with Gasteiger partial charge in [-0.1, -0.05) is 27.7 Å². The van der Waals surface area contributed by atoms with Crippen LogP contribution in [0.5, 0.6) is 0 Å². The maximum Gasteiger partial charge on any atom is 0.144 e. The molecule has 3 fully saturated rings. The van der Waals surface area contributed by atoms with Crippen molar-refractivity contribution in [2.45, 2.75) is 72.0 Å². The molecule has 0 spiro atoms. The molecule has 3 aliphatic carbocycles. The van der Waals surface area contributed by atoms with Gasteiger partial charge in [-0.05, 0) is 49.4 Å². The van der Waals surface area contributed by atoms with Crippen LogP contribution in [0.3, 0.4) is 0 Å². The van der Waals surface area contributed by atoms with Crippen LogP contribution < -0.4 is 0 Å². The molecule has 24 heavy (non-hydrogen) atoms. The first-order valence-electron chi connectivity index (χ1n) is 9.48. The first-order chi connectivity index (χ1) is 11.2. The Morgan fingerprint density at radius 1 is 1.25 bits per heavy atom. The zero-order valence-corrected chi connectivity index (χ0v) is 15.8. The number of methoxy groups -OCH3 is 1. The average Bonchev–Trinajstić information content (AvgIpc) is 2.96. The van der Waals surface area contributed by atoms with Crippen LogP contribution in [0.1, 0.15) is 59.8 Å². The summed E-state index contributed by atoms with van der Waals surface area (Å²) in [6, 6.07) is 0. The topological polar surface area (TPSA) is 46.5 Å². The van der Waals surface area contributed by atoms with Crippen LogP contribution >= 0.6 is 0 Å². The van der Waals surface area contributed by atoms with Gasteiger partial charge in [0.1, 0.15) is 12.5 Å². The first kappa shape index (κ1) is 18.3. The van der Waals surface area contributed by atoms with Gasteiger partial charge in [0.2, 0.25) is 0 Å². The Kier molecular flexibility index (Phi) is 4.40. The molecule has 3 saturated carbocycles. The third-order valence-electron chi connectivity index (χ3n) is 8.47. The molecule has 0 amide bonds. The summed E-state index contributed by atoms with van der Waals surface area (Å²) in [7, 11) is 1.75. The molecular formula is C20H33FO3. The number of carbonyl (C=O) groups excluding carboxylic acids is 1. The highest BCUT2D eigenvalue weighted by molar-refractivity contribution is 5.87. The largest absolute Gasteiger partial charge is 0.393 e. The second kappa shape index (κ2) is 5.77. The average molecular weight is 340 g/mol. The number of rotatable bonds is 2. The van der Waals surface area contributed by atoms with Crippen molar-refractivity contribution in [1.29, 1.82) is 0 Å². The van der Waals surface area contributed by atoms with Crippen LogP contribution in [0.25, 0.3) is 0 Å². The lowest BCUT2D eigenvalue weighted by Crippen LogP contribution is -2.62. The molecule has 3 nitrogen and oxygen atoms in total. The Balaban J connectivity index is 2.19. The highest BCUT2D eigenvalue weighted by Gasteiger charge is 2.67. The van der Waals surface area contributed by atoms with E-state index in [9.17, 15) is 14.3 Å². The zero-order valence-electron chi connectivity index (χ0n) is 15.8. The molecule has 0 saturated heterocycles. The van der Waals surface area contributed by atoms with Crippen molar-refractivity contribution < 1.29 is 19.0 Å². The standard InChI is InChI=1S/C20H33FO3/c1-12-6-8-20-9-7-14(24-5)16(20)19(12,4)15(22)10-18(3,11-21)17(23)13(20)2/h12-16,22H,6-11H2,1-5H3/t12-,13+,14-,15-,16?,18+,19+,20?/m1/s1. The SMILES string of the molecule is CO[C@@H]1CCC23CC[C@@H](C)[C@](C)(C12)[C@H](O)C[C@@](C)(CF)C(=O)[C@@H]3C. The van der Waals surface area contributed by atoms with Gasteiger partial charge in [0, 0.05) is 18.4 Å². The summed E-state index contributed by atoms with van der Waals surface area (Å²) in [5.74, 6) is 0.327. The molecule has 3 rings (SSSR count). The third kappa shape index (κ3) is 2.11. The lowest BCUT2D eigenvalue weighted by molar-refractivity contribution is -0.192. The number of Topliss-reactive ketones (excluding diaryl/α,β-unsaturated/α-hetero) is 1. The lowest BCUT2D eigenvalue weighted by atomic mass is 9.44. The lowest BCUT2D eigenvalue weighted by Gasteiger charge is -2.61. The quantitative estimate of drug-likeness (QED) is 0.832. The molecule has 8 atom stereocenters. The monoisotopic (exact) mass is 340 g/mol. The van der Waals surface area contributed by atoms with Crippen molar-refractivity contribution in [3.63, 3.8) is 0 Å². The molecular weight excluding hydrogens is 307 g/mol. The molecule has 3 aliphatic rings. The second-order valence-electron chi connectivity index (χ2n) is 9.33. The number of ether oxygens (including phenoxy) is 1. The fourth-order valence-electron chi connectivity index (χ4n) is 6.65. The fourth-order valence-corrected chi connectivity index (χ4v) is 6.65. The van der Waals surface area contributed by atoms with E-state index in [1.165, 1.54) is 0 Å². The molecule has 0 aromatic rings. The van der Waals surface area contributed by atoms with Crippen LogP contribution in [0.15, 0.2) is 0 Å². The molecule has 138 valence electrons. The normalized spacial score (nSPS) is 55.0. The second-order valence-corrected chi connectivity index (χ2v) is 9.33. The number of aliphatic hydroxyl groups excluding tert-OH is 1. The van der Waals surface area contributed by atoms with Crippen molar-refractivity contribution in [3.8, 4) is 0 Å². The van der Waals surface area contributed by atoms with Crippen LogP contribution in [-0.4, -0.2) is 36.9 Å². The first-order valence-corrected chi connectivity index (χ1v) is 9.48. The number of halogens is 1. The smallest absolute Gasteiger partial charge is 0.144 e. The van der Waals surface area contributed by atoms with E-state index in [1.54, 1.807) is 14.0 Å². The summed E-state index contributed by atoms with van der Waals surface area (Å²) in [4.78, 5) is 13.2. The van der Waals surface area contributed by atoms with Gasteiger partial charge in [0.25, 0.3) is 0 Å². The predicted octanol–water partition coefficient (Wildman–Crippen LogP) is 3.78. The summed E-state index contributed by atoms with van der Waals surface area (Å²) < 4.78 is 19.7. The van der Waals surface area contributed by atoms with Gasteiger partial charge in [-0.3, -0.25) is 9.18 Å². The van der Waals surface area contributed by atoms with Gasteiger partial charge in [-0.15, -0.1) is 0 Å². The van der Waals surface area contributed by atoms with Crippen molar-refractivity contribution in [3.05, 3.63) is 0 Å². The minimum absolute atomic E-state index is 0.00223. The number of aliphatic hydroxyl groups is 1. The number of alkyl halides is 1. The summed E-state index contributed by atoms with van der Waals surface area (Å²) >= 11 is 0. The molecule has 0 heterocycles. The van der Waals surface area contributed by atoms with Crippen molar-refractivity contribution in [2.75, 3.05) is 13.8 Å². The molecule has 0 aliphatic heterocycles. The van der Waals surface area contributed by atoms with Crippen LogP contribution in [0.2, 0.25) is 0 Å². The van der Waals surface area contributed by atoms with E-state index in [-0.39, 0.29) is 41.0 Å². The van der Waals surface area contributed by atoms with E-state index >= 15 is 0 Å². The van der Waals surface area contributed by atoms with E-state index in [0.29, 0.717) is 5.92 Å². The molecule has 2 unspecified atom stereocenters. The third-order valence-corrected chi connectivity index (χ3v) is 8.47. The van der Waals surface area contributed by atoms with Gasteiger partial charge < -0.3 is 9.84 Å². The predicted molar refractivity (Wildman–Crippen MR) is 91.3 cm³/mol. The van der Waals surface area contributed by atoms with Crippen molar-refractivity contribution >= 4 is 5.78 Å². The van der Waals surface area contributed by atoms with Crippen LogP contribution in [-0.2, 0) is 9.53 Å². The highest BCUT2D eigenvalue weighted by atomic mass is 19.1. The van der Waals surface area contributed by atoms with E-state index in [4.69, 9.17) is 4.74 Å². The van der Waals surface area contributed by atoms with Crippen molar-refractivity contribution in [2.24, 2.45) is 34.0 Å². The van der Waals surface area contributed by atoms with Gasteiger partial charge in [0.05, 0.1) is 17.6 Å². The van der Waals surface area contributed by atoms with E-state index in [2.05, 4.69) is 13.8 Å². The van der Waals surface area contributed by atoms with E-state index < -0.39 is 18.2 Å². The summed E-state index contributed by atoms with van der Waals surface area (Å²) in [5.41, 5.74) is -1.56. The number of hydrogen-bond acceptors (Lipinski definition) is 3. The Labute approximate surface area is 145 Å². The number of carbonyl (C=O) groups is 1. The van der Waals surface area contributed by atoms with Crippen LogP contribution in [0, 0.1) is 34.0 Å². The maximum absolute atomic E-state index is 13.9. The van der Waals surface area contributed by atoms with Crippen molar-refractivity contribution in [1.82, 2.24) is 0 Å². The Hall–Kier alpha value is -0.480. The van der Waals surface area contributed by atoms with Gasteiger partial charge in [-0.2, -0.15) is 0 Å². The zero-order chi connectivity index (χ0) is 17.9. The highest BCUT2D eigenvalue weighted by Crippen LogP contribution is 2.68. The molecule has 2 bridgehead atoms. The van der Waals surface area contributed by atoms with E-state index in [0.717, 1.165) is 25.7 Å². The molecule has 4 heteroatoms. The molecule has 0 radical (unpaired) electrons. The van der Waals surface area contributed by atoms with Gasteiger partial charge >= 0.3 is 0 Å². The van der Waals surface area contributed by atoms with Gasteiger partial charge in [0.15, 0.2) is 0 Å². The number of ketones is 1. The summed E-state index contributed by atoms with van der Waals surface area (Å²) in [6.07, 6.45) is 3.50. The molecule has 0 aromatic heterocycles. The molecule has 1 N–H and O–H groups in total. The maximum atomic E-state index is 13.9. The van der Waals surface area contributed by atoms with Gasteiger partial charge in [-0.25, -0.2) is 0 Å². The summed E-state index contributed by atoms with van der Waals surface area (Å²) in [6.45, 7) is 7.40. The minimum Gasteiger partial charge on any atom is -0.393 e. The van der Waals surface area contributed by atoms with Crippen LogP contribution in [0.4, 0.5) is 4.39 Å². The minimum atomic E-state index is -1.07. The fraction of sp³-hybridized carbons (Fsp3) is 0.950. The summed E-state index contributed by atoms with van der Waals surface area (Å²) in [5, 5.41) is 11.2. The number of hydrogen-bond donors (Lipinski definition) is 1. The Morgan fingerprint density at radius 3 is 2.46 bits per heavy atom. The molecule has 0 aromatic carbocycles. The Morgan fingerprint density at radius 2 is 1.88 bits per heavy atom. The van der Waals surface area contributed by atoms with E-state index in [1.807, 2.05) is 6.92 Å². The Bertz CT molecular complexity index is 523.